The fourth-order valence-corrected chi connectivity index (χ4v) is 2.23. The maximum absolute atomic E-state index is 12.2. The molecule has 3 rings (SSSR count). The van der Waals surface area contributed by atoms with Gasteiger partial charge in [0.15, 0.2) is 11.5 Å². The summed E-state index contributed by atoms with van der Waals surface area (Å²) in [6.45, 7) is 0.656. The van der Waals surface area contributed by atoms with Gasteiger partial charge in [-0.3, -0.25) is 4.79 Å². The van der Waals surface area contributed by atoms with Gasteiger partial charge in [0.2, 0.25) is 6.79 Å². The minimum absolute atomic E-state index is 0.106. The number of carbonyl (C=O) groups excluding carboxylic acids is 1. The van der Waals surface area contributed by atoms with E-state index in [-0.39, 0.29) is 24.9 Å². The zero-order valence-corrected chi connectivity index (χ0v) is 12.7. The van der Waals surface area contributed by atoms with Crippen molar-refractivity contribution in [2.24, 2.45) is 0 Å². The molecule has 124 valence electrons. The van der Waals surface area contributed by atoms with Crippen LogP contribution in [-0.4, -0.2) is 36.9 Å². The second kappa shape index (κ2) is 6.91. The summed E-state index contributed by atoms with van der Waals surface area (Å²) in [5, 5.41) is 11.6. The molecule has 0 atom stereocenters. The molecule has 1 aliphatic heterocycles. The summed E-state index contributed by atoms with van der Waals surface area (Å²) in [5.41, 5.74) is 0.603. The molecular weight excluding hydrogens is 314 g/mol. The summed E-state index contributed by atoms with van der Waals surface area (Å²) >= 11 is 0. The van der Waals surface area contributed by atoms with Crippen molar-refractivity contribution in [3.63, 3.8) is 0 Å². The number of carboxylic acids is 1. The number of carboxylic acid groups (broad SMARTS) is 1. The number of amides is 1. The number of aromatic carboxylic acids is 1. The Morgan fingerprint density at radius 1 is 1.12 bits per heavy atom. The van der Waals surface area contributed by atoms with Gasteiger partial charge in [0.1, 0.15) is 12.4 Å². The fraction of sp³-hybridized carbons (Fsp3) is 0.176. The van der Waals surface area contributed by atoms with Crippen molar-refractivity contribution in [2.45, 2.75) is 0 Å². The summed E-state index contributed by atoms with van der Waals surface area (Å²) in [6, 6.07) is 11.2. The number of hydrogen-bond acceptors (Lipinski definition) is 5. The first-order chi connectivity index (χ1) is 11.6. The van der Waals surface area contributed by atoms with Crippen LogP contribution in [0.3, 0.4) is 0 Å². The Labute approximate surface area is 137 Å². The lowest BCUT2D eigenvalue weighted by molar-refractivity contribution is 0.0696. The average molecular weight is 329 g/mol. The lowest BCUT2D eigenvalue weighted by atomic mass is 10.1. The molecule has 24 heavy (non-hydrogen) atoms. The van der Waals surface area contributed by atoms with E-state index in [1.54, 1.807) is 30.3 Å². The zero-order chi connectivity index (χ0) is 16.9. The van der Waals surface area contributed by atoms with Crippen LogP contribution in [0.15, 0.2) is 42.5 Å². The van der Waals surface area contributed by atoms with Gasteiger partial charge in [-0.2, -0.15) is 0 Å². The number of carbonyl (C=O) groups is 2. The normalized spacial score (nSPS) is 11.8. The molecule has 1 heterocycles. The average Bonchev–Trinajstić information content (AvgIpc) is 3.07. The van der Waals surface area contributed by atoms with Gasteiger partial charge in [0.05, 0.1) is 17.7 Å². The Morgan fingerprint density at radius 3 is 2.67 bits per heavy atom. The van der Waals surface area contributed by atoms with E-state index in [0.29, 0.717) is 29.4 Å². The Hall–Kier alpha value is -3.22. The van der Waals surface area contributed by atoms with Gasteiger partial charge < -0.3 is 24.6 Å². The van der Waals surface area contributed by atoms with Crippen molar-refractivity contribution in [1.29, 1.82) is 0 Å². The molecule has 0 bridgehead atoms. The Balaban J connectivity index is 1.49. The first kappa shape index (κ1) is 15.7. The molecule has 2 aromatic carbocycles. The molecular formula is C17H15NO6. The number of benzene rings is 2. The van der Waals surface area contributed by atoms with Gasteiger partial charge in [0, 0.05) is 0 Å². The van der Waals surface area contributed by atoms with Crippen molar-refractivity contribution in [1.82, 2.24) is 5.32 Å². The van der Waals surface area contributed by atoms with Crippen molar-refractivity contribution < 1.29 is 28.9 Å². The molecule has 7 nitrogen and oxygen atoms in total. The minimum atomic E-state index is -0.990. The minimum Gasteiger partial charge on any atom is -0.492 e. The maximum atomic E-state index is 12.2. The van der Waals surface area contributed by atoms with E-state index in [0.717, 1.165) is 0 Å². The molecule has 0 spiro atoms. The molecule has 2 aromatic rings. The quantitative estimate of drug-likeness (QED) is 0.787. The van der Waals surface area contributed by atoms with Gasteiger partial charge >= 0.3 is 5.97 Å². The number of hydrogen-bond donors (Lipinski definition) is 2. The number of nitrogens with one attached hydrogen (secondary N) is 1. The SMILES string of the molecule is O=C(O)c1ccc(OCCNC(=O)c2cccc3c2OCO3)cc1. The van der Waals surface area contributed by atoms with Gasteiger partial charge in [-0.05, 0) is 36.4 Å². The van der Waals surface area contributed by atoms with Crippen LogP contribution in [0.4, 0.5) is 0 Å². The van der Waals surface area contributed by atoms with E-state index in [9.17, 15) is 9.59 Å². The molecule has 1 aliphatic rings. The highest BCUT2D eigenvalue weighted by atomic mass is 16.7. The van der Waals surface area contributed by atoms with Crippen LogP contribution in [0.25, 0.3) is 0 Å². The zero-order valence-electron chi connectivity index (χ0n) is 12.7. The first-order valence-electron chi connectivity index (χ1n) is 7.28. The summed E-state index contributed by atoms with van der Waals surface area (Å²) in [7, 11) is 0. The van der Waals surface area contributed by atoms with Crippen molar-refractivity contribution in [3.8, 4) is 17.2 Å². The number of rotatable bonds is 6. The third kappa shape index (κ3) is 3.40. The van der Waals surface area contributed by atoms with E-state index in [1.165, 1.54) is 12.1 Å². The Morgan fingerprint density at radius 2 is 1.92 bits per heavy atom. The second-order valence-corrected chi connectivity index (χ2v) is 4.97. The molecule has 7 heteroatoms. The Kier molecular flexibility index (Phi) is 4.51. The van der Waals surface area contributed by atoms with Crippen molar-refractivity contribution in [2.75, 3.05) is 19.9 Å². The summed E-state index contributed by atoms with van der Waals surface area (Å²) in [4.78, 5) is 22.9. The monoisotopic (exact) mass is 329 g/mol. The highest BCUT2D eigenvalue weighted by Crippen LogP contribution is 2.35. The summed E-state index contributed by atoms with van der Waals surface area (Å²) in [5.74, 6) is 0.266. The van der Waals surface area contributed by atoms with E-state index in [1.807, 2.05) is 0 Å². The van der Waals surface area contributed by atoms with E-state index in [2.05, 4.69) is 5.32 Å². The molecule has 0 saturated heterocycles. The number of para-hydroxylation sites is 1. The van der Waals surface area contributed by atoms with E-state index in [4.69, 9.17) is 19.3 Å². The molecule has 0 unspecified atom stereocenters. The lowest BCUT2D eigenvalue weighted by Crippen LogP contribution is -2.28. The highest BCUT2D eigenvalue weighted by Gasteiger charge is 2.21. The smallest absolute Gasteiger partial charge is 0.335 e. The molecule has 1 amide bonds. The van der Waals surface area contributed by atoms with Crippen LogP contribution in [0.1, 0.15) is 20.7 Å². The fourth-order valence-electron chi connectivity index (χ4n) is 2.23. The Bertz CT molecular complexity index is 756. The predicted octanol–water partition coefficient (Wildman–Crippen LogP) is 1.92. The van der Waals surface area contributed by atoms with Crippen molar-refractivity contribution >= 4 is 11.9 Å². The molecule has 0 saturated carbocycles. The van der Waals surface area contributed by atoms with Gasteiger partial charge in [-0.25, -0.2) is 4.79 Å². The molecule has 0 fully saturated rings. The van der Waals surface area contributed by atoms with E-state index < -0.39 is 5.97 Å². The van der Waals surface area contributed by atoms with Crippen LogP contribution in [0, 0.1) is 0 Å². The maximum Gasteiger partial charge on any atom is 0.335 e. The highest BCUT2D eigenvalue weighted by molar-refractivity contribution is 5.97. The summed E-state index contributed by atoms with van der Waals surface area (Å²) in [6.07, 6.45) is 0. The number of ether oxygens (including phenoxy) is 3. The largest absolute Gasteiger partial charge is 0.492 e. The van der Waals surface area contributed by atoms with Crippen LogP contribution >= 0.6 is 0 Å². The van der Waals surface area contributed by atoms with E-state index >= 15 is 0 Å². The predicted molar refractivity (Wildman–Crippen MR) is 83.8 cm³/mol. The second-order valence-electron chi connectivity index (χ2n) is 4.97. The summed E-state index contributed by atoms with van der Waals surface area (Å²) < 4.78 is 16.0. The van der Waals surface area contributed by atoms with Gasteiger partial charge in [-0.1, -0.05) is 6.07 Å². The van der Waals surface area contributed by atoms with Gasteiger partial charge in [0.25, 0.3) is 5.91 Å². The third-order valence-electron chi connectivity index (χ3n) is 3.40. The standard InChI is InChI=1S/C17H15NO6/c19-16(13-2-1-3-14-15(13)24-10-23-14)18-8-9-22-12-6-4-11(5-7-12)17(20)21/h1-7H,8-10H2,(H,18,19)(H,20,21). The first-order valence-corrected chi connectivity index (χ1v) is 7.28. The van der Waals surface area contributed by atoms with Crippen LogP contribution < -0.4 is 19.5 Å². The molecule has 0 aliphatic carbocycles. The molecule has 0 aromatic heterocycles. The van der Waals surface area contributed by atoms with Crippen LogP contribution in [-0.2, 0) is 0 Å². The third-order valence-corrected chi connectivity index (χ3v) is 3.40. The number of fused-ring (bicyclic) bond motifs is 1. The van der Waals surface area contributed by atoms with Gasteiger partial charge in [-0.15, -0.1) is 0 Å². The lowest BCUT2D eigenvalue weighted by Gasteiger charge is -2.09. The van der Waals surface area contributed by atoms with Crippen molar-refractivity contribution in [3.05, 3.63) is 53.6 Å². The molecule has 2 N–H and O–H groups in total. The van der Waals surface area contributed by atoms with Crippen LogP contribution in [0.2, 0.25) is 0 Å². The van der Waals surface area contributed by atoms with Crippen LogP contribution in [0.5, 0.6) is 17.2 Å². The topological polar surface area (TPSA) is 94.1 Å². The molecule has 0 radical (unpaired) electrons.